The van der Waals surface area contributed by atoms with Crippen LogP contribution in [-0.4, -0.2) is 0 Å². The van der Waals surface area contributed by atoms with Crippen LogP contribution < -0.4 is 0 Å². The van der Waals surface area contributed by atoms with E-state index >= 15 is 0 Å². The first kappa shape index (κ1) is 9.53. The molecule has 1 rings (SSSR count). The van der Waals surface area contributed by atoms with E-state index in [2.05, 4.69) is 0 Å². The van der Waals surface area contributed by atoms with E-state index < -0.39 is 0 Å². The van der Waals surface area contributed by atoms with Gasteiger partial charge in [-0.15, -0.1) is 0 Å². The summed E-state index contributed by atoms with van der Waals surface area (Å²) in [7, 11) is 0. The fraction of sp³-hybridized carbons (Fsp3) is 0.400. The lowest BCUT2D eigenvalue weighted by atomic mass is 10.1. The molecular formula is C10H12ClF. The van der Waals surface area contributed by atoms with Crippen molar-refractivity contribution in [2.24, 2.45) is 0 Å². The van der Waals surface area contributed by atoms with Crippen molar-refractivity contribution in [1.82, 2.24) is 0 Å². The van der Waals surface area contributed by atoms with Crippen LogP contribution in [0.2, 0.25) is 0 Å². The summed E-state index contributed by atoms with van der Waals surface area (Å²) in [5, 5.41) is 0.859. The molecule has 0 aromatic heterocycles. The maximum atomic E-state index is 12.8. The zero-order chi connectivity index (χ0) is 8.97. The molecule has 0 fully saturated rings. The van der Waals surface area contributed by atoms with Crippen LogP contribution >= 0.6 is 11.6 Å². The fourth-order valence-electron chi connectivity index (χ4n) is 1.15. The van der Waals surface area contributed by atoms with Crippen molar-refractivity contribution in [3.8, 4) is 0 Å². The molecular weight excluding hydrogens is 175 g/mol. The van der Waals surface area contributed by atoms with Crippen molar-refractivity contribution in [2.75, 3.05) is 0 Å². The highest BCUT2D eigenvalue weighted by atomic mass is 35.5. The molecule has 0 bridgehead atoms. The third-order valence-electron chi connectivity index (χ3n) is 1.88. The predicted molar refractivity (Wildman–Crippen MR) is 50.7 cm³/mol. The first-order chi connectivity index (χ1) is 5.74. The van der Waals surface area contributed by atoms with Gasteiger partial charge in [-0.05, 0) is 37.0 Å². The van der Waals surface area contributed by atoms with E-state index in [0.717, 1.165) is 23.4 Å². The zero-order valence-corrected chi connectivity index (χ0v) is 7.87. The van der Waals surface area contributed by atoms with E-state index in [1.165, 1.54) is 6.08 Å². The van der Waals surface area contributed by atoms with Gasteiger partial charge in [-0.3, -0.25) is 0 Å². The summed E-state index contributed by atoms with van der Waals surface area (Å²) in [6, 6.07) is 0. The predicted octanol–water partition coefficient (Wildman–Crippen LogP) is 4.09. The SMILES string of the molecule is CCC1=C(Cl)CCC=C(F)C=C1. The molecule has 12 heavy (non-hydrogen) atoms. The van der Waals surface area contributed by atoms with Crippen LogP contribution in [0.1, 0.15) is 26.2 Å². The van der Waals surface area contributed by atoms with Gasteiger partial charge in [0.2, 0.25) is 0 Å². The Balaban J connectivity index is 2.87. The first-order valence-corrected chi connectivity index (χ1v) is 4.53. The number of allylic oxidation sites excluding steroid dienone is 6. The molecule has 0 heterocycles. The van der Waals surface area contributed by atoms with Gasteiger partial charge in [0.1, 0.15) is 5.83 Å². The van der Waals surface area contributed by atoms with Crippen LogP contribution in [0.3, 0.4) is 0 Å². The summed E-state index contributed by atoms with van der Waals surface area (Å²) in [4.78, 5) is 0. The third kappa shape index (κ3) is 2.49. The van der Waals surface area contributed by atoms with Crippen molar-refractivity contribution in [3.05, 3.63) is 34.7 Å². The Labute approximate surface area is 77.4 Å². The van der Waals surface area contributed by atoms with Gasteiger partial charge < -0.3 is 0 Å². The van der Waals surface area contributed by atoms with E-state index in [4.69, 9.17) is 11.6 Å². The summed E-state index contributed by atoms with van der Waals surface area (Å²) in [6.07, 6.45) is 7.10. The van der Waals surface area contributed by atoms with E-state index in [1.807, 2.05) is 6.92 Å². The maximum Gasteiger partial charge on any atom is 0.119 e. The lowest BCUT2D eigenvalue weighted by molar-refractivity contribution is 0.658. The van der Waals surface area contributed by atoms with Crippen LogP contribution in [0, 0.1) is 0 Å². The third-order valence-corrected chi connectivity index (χ3v) is 2.31. The molecule has 0 nitrogen and oxygen atoms in total. The van der Waals surface area contributed by atoms with Crippen molar-refractivity contribution < 1.29 is 4.39 Å². The largest absolute Gasteiger partial charge is 0.207 e. The first-order valence-electron chi connectivity index (χ1n) is 4.15. The summed E-state index contributed by atoms with van der Waals surface area (Å²) in [5.41, 5.74) is 1.04. The number of hydrogen-bond acceptors (Lipinski definition) is 0. The normalized spacial score (nSPS) is 18.8. The van der Waals surface area contributed by atoms with Gasteiger partial charge >= 0.3 is 0 Å². The van der Waals surface area contributed by atoms with Crippen molar-refractivity contribution >= 4 is 11.6 Å². The summed E-state index contributed by atoms with van der Waals surface area (Å²) in [6.45, 7) is 2.02. The molecule has 0 atom stereocenters. The second-order valence-corrected chi connectivity index (χ2v) is 3.20. The topological polar surface area (TPSA) is 0 Å². The quantitative estimate of drug-likeness (QED) is 0.579. The smallest absolute Gasteiger partial charge is 0.119 e. The zero-order valence-electron chi connectivity index (χ0n) is 7.11. The second-order valence-electron chi connectivity index (χ2n) is 2.74. The standard InChI is InChI=1S/C10H12ClF/c1-2-8-6-7-9(12)4-3-5-10(8)11/h4,6-7H,2-3,5H2,1H3. The fourth-order valence-corrected chi connectivity index (χ4v) is 1.45. The van der Waals surface area contributed by atoms with Crippen LogP contribution in [0.5, 0.6) is 0 Å². The highest BCUT2D eigenvalue weighted by molar-refractivity contribution is 6.30. The molecule has 0 aliphatic heterocycles. The molecule has 66 valence electrons. The van der Waals surface area contributed by atoms with Crippen LogP contribution in [-0.2, 0) is 0 Å². The Morgan fingerprint density at radius 1 is 1.50 bits per heavy atom. The van der Waals surface area contributed by atoms with E-state index in [0.29, 0.717) is 6.42 Å². The monoisotopic (exact) mass is 186 g/mol. The Kier molecular flexibility index (Phi) is 3.54. The van der Waals surface area contributed by atoms with Crippen molar-refractivity contribution in [3.63, 3.8) is 0 Å². The molecule has 0 amide bonds. The van der Waals surface area contributed by atoms with Crippen molar-refractivity contribution in [2.45, 2.75) is 26.2 Å². The number of halogens is 2. The van der Waals surface area contributed by atoms with E-state index in [1.54, 1.807) is 12.2 Å². The van der Waals surface area contributed by atoms with Gasteiger partial charge in [0.15, 0.2) is 0 Å². The average Bonchev–Trinajstić information content (AvgIpc) is 2.03. The van der Waals surface area contributed by atoms with Crippen LogP contribution in [0.25, 0.3) is 0 Å². The molecule has 0 unspecified atom stereocenters. The van der Waals surface area contributed by atoms with Gasteiger partial charge in [-0.2, -0.15) is 0 Å². The van der Waals surface area contributed by atoms with Crippen LogP contribution in [0.4, 0.5) is 4.39 Å². The molecule has 0 radical (unpaired) electrons. The van der Waals surface area contributed by atoms with E-state index in [9.17, 15) is 4.39 Å². The molecule has 0 aromatic rings. The number of hydrogen-bond donors (Lipinski definition) is 0. The van der Waals surface area contributed by atoms with Gasteiger partial charge in [-0.25, -0.2) is 4.39 Å². The van der Waals surface area contributed by atoms with Gasteiger partial charge in [0.05, 0.1) is 0 Å². The van der Waals surface area contributed by atoms with Crippen molar-refractivity contribution in [1.29, 1.82) is 0 Å². The minimum absolute atomic E-state index is 0.162. The van der Waals surface area contributed by atoms with Crippen LogP contribution in [0.15, 0.2) is 34.7 Å². The lowest BCUT2D eigenvalue weighted by Crippen LogP contribution is -1.85. The van der Waals surface area contributed by atoms with E-state index in [-0.39, 0.29) is 5.83 Å². The minimum Gasteiger partial charge on any atom is -0.207 e. The Morgan fingerprint density at radius 2 is 2.25 bits per heavy atom. The second kappa shape index (κ2) is 4.46. The summed E-state index contributed by atoms with van der Waals surface area (Å²) < 4.78 is 12.8. The molecule has 1 aliphatic carbocycles. The molecule has 1 aliphatic rings. The molecule has 0 saturated carbocycles. The molecule has 0 saturated heterocycles. The molecule has 0 aromatic carbocycles. The highest BCUT2D eigenvalue weighted by Gasteiger charge is 2.02. The molecule has 0 spiro atoms. The highest BCUT2D eigenvalue weighted by Crippen LogP contribution is 2.23. The molecule has 2 heteroatoms. The molecule has 0 N–H and O–H groups in total. The lowest BCUT2D eigenvalue weighted by Gasteiger charge is -2.05. The minimum atomic E-state index is -0.162. The number of rotatable bonds is 1. The van der Waals surface area contributed by atoms with Gasteiger partial charge in [0.25, 0.3) is 0 Å². The Bertz CT molecular complexity index is 249. The van der Waals surface area contributed by atoms with Gasteiger partial charge in [0, 0.05) is 5.03 Å². The maximum absolute atomic E-state index is 12.8. The van der Waals surface area contributed by atoms with Gasteiger partial charge in [-0.1, -0.05) is 24.6 Å². The summed E-state index contributed by atoms with van der Waals surface area (Å²) in [5.74, 6) is -0.162. The average molecular weight is 187 g/mol. The summed E-state index contributed by atoms with van der Waals surface area (Å²) >= 11 is 5.98. The Morgan fingerprint density at radius 3 is 2.92 bits per heavy atom. The Hall–Kier alpha value is -0.560.